The molecule has 0 bridgehead atoms. The fourth-order valence-corrected chi connectivity index (χ4v) is 4.63. The molecule has 3 heterocycles. The molecular formula is C34H51F3N4O4. The lowest BCUT2D eigenvalue weighted by atomic mass is 9.91. The molecule has 1 amide bonds. The van der Waals surface area contributed by atoms with Gasteiger partial charge in [-0.1, -0.05) is 32.1 Å². The summed E-state index contributed by atoms with van der Waals surface area (Å²) in [5.74, 6) is -1.04. The number of ether oxygens (including phenoxy) is 1. The second kappa shape index (κ2) is 19.2. The van der Waals surface area contributed by atoms with Gasteiger partial charge in [-0.2, -0.15) is 0 Å². The van der Waals surface area contributed by atoms with Gasteiger partial charge in [0.2, 0.25) is 0 Å². The van der Waals surface area contributed by atoms with Gasteiger partial charge in [-0.05, 0) is 72.6 Å². The third-order valence-electron chi connectivity index (χ3n) is 7.29. The van der Waals surface area contributed by atoms with E-state index in [2.05, 4.69) is 56.4 Å². The second-order valence-electron chi connectivity index (χ2n) is 12.0. The number of likely N-dealkylation sites (N-methyl/N-ethyl adjacent to an activating group) is 1. The molecule has 1 atom stereocenters. The number of hydrogen-bond acceptors (Lipinski definition) is 6. The number of carbonyl (C=O) groups excluding carboxylic acids is 1. The Morgan fingerprint density at radius 1 is 1.20 bits per heavy atom. The number of terminal acetylenes is 1. The standard InChI is InChI=1S/C16H24N2O4.C15H23F3N2.C3H4/c1-4-13(7-6-12(3)15(20)21)18-11-16(22-8-14(18)19)9-17(5-2)10-16;1-15(2,3)20-10-9-12(19-20)7-5-4-6-8-13(17)14(18)11-16;1-3-2/h6-7H,4-5,8-11H2,1-3H3,(H,20,21);4-5,9-10,12,19H,6-8,11H2,1-3H3;1H,2H3/b12-6+,13-7+;5-4-,14-13-;. The third kappa shape index (κ3) is 13.3. The van der Waals surface area contributed by atoms with E-state index >= 15 is 0 Å². The van der Waals surface area contributed by atoms with Gasteiger partial charge in [0, 0.05) is 48.6 Å². The van der Waals surface area contributed by atoms with E-state index in [1.165, 1.54) is 0 Å². The predicted octanol–water partition coefficient (Wildman–Crippen LogP) is 6.22. The summed E-state index contributed by atoms with van der Waals surface area (Å²) >= 11 is 0. The maximum atomic E-state index is 12.9. The Hall–Kier alpha value is -3.33. The predicted molar refractivity (Wildman–Crippen MR) is 173 cm³/mol. The smallest absolute Gasteiger partial charge is 0.331 e. The molecule has 0 radical (unpaired) electrons. The van der Waals surface area contributed by atoms with Crippen LogP contribution >= 0.6 is 0 Å². The number of carboxylic acids is 1. The lowest BCUT2D eigenvalue weighted by Crippen LogP contribution is -2.70. The molecule has 0 aromatic rings. The minimum absolute atomic E-state index is 0.0206. The van der Waals surface area contributed by atoms with Crippen LogP contribution in [0.2, 0.25) is 0 Å². The molecule has 3 aliphatic rings. The third-order valence-corrected chi connectivity index (χ3v) is 7.29. The molecule has 8 nitrogen and oxygen atoms in total. The van der Waals surface area contributed by atoms with Gasteiger partial charge in [-0.3, -0.25) is 9.69 Å². The van der Waals surface area contributed by atoms with Crippen molar-refractivity contribution in [2.45, 2.75) is 91.3 Å². The first-order chi connectivity index (χ1) is 21.2. The summed E-state index contributed by atoms with van der Waals surface area (Å²) in [5.41, 5.74) is 4.18. The SMILES string of the molecule is C#CC.CC(C)(C)N1C=CC(C/C=C\CC/C(F)=C(/F)CF)N1.CC/C(=C\C=C(/C)C(=O)O)N1CC2(CN(CC)C2)OCC1=O. The van der Waals surface area contributed by atoms with Crippen molar-refractivity contribution in [3.05, 3.63) is 59.5 Å². The van der Waals surface area contributed by atoms with Gasteiger partial charge in [-0.15, -0.1) is 12.3 Å². The van der Waals surface area contributed by atoms with E-state index in [1.807, 2.05) is 24.2 Å². The maximum Gasteiger partial charge on any atom is 0.331 e. The average Bonchev–Trinajstić information content (AvgIpc) is 3.47. The second-order valence-corrected chi connectivity index (χ2v) is 12.0. The average molecular weight is 637 g/mol. The summed E-state index contributed by atoms with van der Waals surface area (Å²) < 4.78 is 43.0. The topological polar surface area (TPSA) is 85.4 Å². The monoisotopic (exact) mass is 636 g/mol. The number of likely N-dealkylation sites (tertiary alicyclic amines) is 1. The van der Waals surface area contributed by atoms with Gasteiger partial charge in [0.25, 0.3) is 5.91 Å². The van der Waals surface area contributed by atoms with E-state index in [1.54, 1.807) is 37.0 Å². The summed E-state index contributed by atoms with van der Waals surface area (Å²) in [6.45, 7) is 15.5. The zero-order chi connectivity index (χ0) is 34.2. The molecule has 2 fully saturated rings. The highest BCUT2D eigenvalue weighted by atomic mass is 19.2. The van der Waals surface area contributed by atoms with Crippen LogP contribution in [-0.2, 0) is 14.3 Å². The van der Waals surface area contributed by atoms with Crippen molar-refractivity contribution >= 4 is 11.9 Å². The molecule has 252 valence electrons. The molecule has 11 heteroatoms. The molecule has 3 aliphatic heterocycles. The van der Waals surface area contributed by atoms with E-state index in [9.17, 15) is 22.8 Å². The molecule has 45 heavy (non-hydrogen) atoms. The number of halogens is 3. The number of amides is 1. The van der Waals surface area contributed by atoms with Crippen LogP contribution in [0.3, 0.4) is 0 Å². The molecule has 0 saturated carbocycles. The number of alkyl halides is 1. The molecule has 2 N–H and O–H groups in total. The summed E-state index contributed by atoms with van der Waals surface area (Å²) in [7, 11) is 0. The van der Waals surface area contributed by atoms with Crippen molar-refractivity contribution < 1.29 is 32.6 Å². The van der Waals surface area contributed by atoms with Crippen molar-refractivity contribution in [2.24, 2.45) is 0 Å². The molecule has 1 unspecified atom stereocenters. The van der Waals surface area contributed by atoms with Gasteiger partial charge in [0.1, 0.15) is 24.7 Å². The molecule has 0 aromatic heterocycles. The summed E-state index contributed by atoms with van der Waals surface area (Å²) in [6.07, 6.45) is 17.4. The first-order valence-electron chi connectivity index (χ1n) is 15.3. The summed E-state index contributed by atoms with van der Waals surface area (Å²) in [6, 6.07) is 0.216. The normalized spacial score (nSPS) is 20.6. The van der Waals surface area contributed by atoms with E-state index < -0.39 is 24.3 Å². The number of nitrogens with zero attached hydrogens (tertiary/aromatic N) is 3. The van der Waals surface area contributed by atoms with Crippen molar-refractivity contribution in [2.75, 3.05) is 39.5 Å². The summed E-state index contributed by atoms with van der Waals surface area (Å²) in [4.78, 5) is 27.1. The molecule has 0 aromatic carbocycles. The molecular weight excluding hydrogens is 585 g/mol. The van der Waals surface area contributed by atoms with Gasteiger partial charge < -0.3 is 19.8 Å². The largest absolute Gasteiger partial charge is 0.478 e. The maximum absolute atomic E-state index is 12.9. The minimum atomic E-state index is -1.37. The zero-order valence-electron chi connectivity index (χ0n) is 27.8. The number of carboxylic acid groups (broad SMARTS) is 1. The number of hydrogen-bond donors (Lipinski definition) is 2. The highest BCUT2D eigenvalue weighted by Gasteiger charge is 2.48. The van der Waals surface area contributed by atoms with Crippen molar-refractivity contribution in [3.8, 4) is 12.3 Å². The number of nitrogens with one attached hydrogen (secondary N) is 1. The fraction of sp³-hybridized carbons (Fsp3) is 0.588. The van der Waals surface area contributed by atoms with Crippen LogP contribution in [0, 0.1) is 12.3 Å². The Kier molecular flexibility index (Phi) is 17.0. The lowest BCUT2D eigenvalue weighted by Gasteiger charge is -2.53. The number of hydrazine groups is 1. The Labute approximate surface area is 267 Å². The van der Waals surface area contributed by atoms with Crippen LogP contribution in [0.5, 0.6) is 0 Å². The molecule has 1 spiro atoms. The van der Waals surface area contributed by atoms with E-state index in [-0.39, 0.29) is 41.7 Å². The number of morpholine rings is 1. The minimum Gasteiger partial charge on any atom is -0.478 e. The Morgan fingerprint density at radius 2 is 1.84 bits per heavy atom. The van der Waals surface area contributed by atoms with Gasteiger partial charge in [-0.25, -0.2) is 23.4 Å². The molecule has 3 rings (SSSR count). The van der Waals surface area contributed by atoms with Crippen LogP contribution < -0.4 is 5.43 Å². The Bertz CT molecular complexity index is 1170. The van der Waals surface area contributed by atoms with Gasteiger partial charge in [0.15, 0.2) is 5.83 Å². The van der Waals surface area contributed by atoms with Crippen molar-refractivity contribution in [1.29, 1.82) is 0 Å². The first-order valence-corrected chi connectivity index (χ1v) is 15.3. The highest BCUT2D eigenvalue weighted by molar-refractivity contribution is 5.86. The Balaban J connectivity index is 0.000000416. The number of aliphatic carboxylic acids is 1. The van der Waals surface area contributed by atoms with Gasteiger partial charge in [0.05, 0.1) is 6.54 Å². The number of allylic oxidation sites excluding steroid dienone is 6. The summed E-state index contributed by atoms with van der Waals surface area (Å²) in [5, 5.41) is 11.0. The van der Waals surface area contributed by atoms with Crippen molar-refractivity contribution in [3.63, 3.8) is 0 Å². The van der Waals surface area contributed by atoms with E-state index in [4.69, 9.17) is 9.84 Å². The lowest BCUT2D eigenvalue weighted by molar-refractivity contribution is -0.190. The Morgan fingerprint density at radius 3 is 2.36 bits per heavy atom. The van der Waals surface area contributed by atoms with Crippen molar-refractivity contribution in [1.82, 2.24) is 20.2 Å². The number of rotatable bonds is 11. The quantitative estimate of drug-likeness (QED) is 0.121. The molecule has 2 saturated heterocycles. The van der Waals surface area contributed by atoms with Crippen LogP contribution in [-0.4, -0.2) is 88.4 Å². The zero-order valence-corrected chi connectivity index (χ0v) is 27.8. The van der Waals surface area contributed by atoms with E-state index in [0.29, 0.717) is 19.4 Å². The van der Waals surface area contributed by atoms with E-state index in [0.717, 1.165) is 31.8 Å². The molecule has 0 aliphatic carbocycles. The van der Waals surface area contributed by atoms with Crippen LogP contribution in [0.4, 0.5) is 13.2 Å². The number of carbonyl (C=O) groups is 2. The fourth-order valence-electron chi connectivity index (χ4n) is 4.63. The van der Waals surface area contributed by atoms with Crippen LogP contribution in [0.25, 0.3) is 0 Å². The van der Waals surface area contributed by atoms with Crippen LogP contribution in [0.1, 0.15) is 74.1 Å². The highest BCUT2D eigenvalue weighted by Crippen LogP contribution is 2.31. The first kappa shape index (κ1) is 39.7. The van der Waals surface area contributed by atoms with Gasteiger partial charge >= 0.3 is 5.97 Å². The van der Waals surface area contributed by atoms with Crippen LogP contribution in [0.15, 0.2) is 59.5 Å².